The summed E-state index contributed by atoms with van der Waals surface area (Å²) < 4.78 is 1.61. The summed E-state index contributed by atoms with van der Waals surface area (Å²) in [7, 11) is 1.68. The number of hydrogen-bond acceptors (Lipinski definition) is 5. The van der Waals surface area contributed by atoms with Gasteiger partial charge in [-0.15, -0.1) is 0 Å². The molecule has 1 N–H and O–H groups in total. The lowest BCUT2D eigenvalue weighted by molar-refractivity contribution is 0.870. The lowest BCUT2D eigenvalue weighted by Gasteiger charge is -2.11. The number of rotatable bonds is 0. The van der Waals surface area contributed by atoms with Crippen molar-refractivity contribution in [3.8, 4) is 17.6 Å². The molecule has 0 amide bonds. The number of nitrogens with zero attached hydrogens (tertiary/aromatic N) is 4. The van der Waals surface area contributed by atoms with E-state index >= 15 is 0 Å². The summed E-state index contributed by atoms with van der Waals surface area (Å²) in [6.07, 6.45) is 0. The number of nitrogens with one attached hydrogen (secondary N) is 1. The lowest BCUT2D eigenvalue weighted by Crippen LogP contribution is -2.28. The van der Waals surface area contributed by atoms with E-state index in [1.165, 1.54) is 0 Å². The number of hydrogen-bond donors (Lipinski definition) is 1. The van der Waals surface area contributed by atoms with Crippen molar-refractivity contribution in [1.82, 2.24) is 19.5 Å². The first-order valence-electron chi connectivity index (χ1n) is 5.41. The molecule has 2 aliphatic heterocycles. The summed E-state index contributed by atoms with van der Waals surface area (Å²) in [5.74, 6) is 0.214. The largest absolute Gasteiger partial charge is 0.349 e. The summed E-state index contributed by atoms with van der Waals surface area (Å²) in [6, 6.07) is 6.93. The van der Waals surface area contributed by atoms with E-state index in [2.05, 4.69) is 15.0 Å². The van der Waals surface area contributed by atoms with Crippen molar-refractivity contribution in [3.05, 3.63) is 44.6 Å². The highest BCUT2D eigenvalue weighted by Gasteiger charge is 2.16. The van der Waals surface area contributed by atoms with Gasteiger partial charge in [0.15, 0.2) is 11.5 Å². The SMILES string of the molecule is Cn1c2nc(=O)[nH]c(=O)c-2nc2cc(C#N)ccc21. The average molecular weight is 253 g/mol. The molecule has 1 aromatic carbocycles. The van der Waals surface area contributed by atoms with Crippen LogP contribution in [0.15, 0.2) is 27.8 Å². The minimum Gasteiger partial charge on any atom is -0.325 e. The van der Waals surface area contributed by atoms with Gasteiger partial charge in [0.1, 0.15) is 0 Å². The average Bonchev–Trinajstić information content (AvgIpc) is 2.40. The second-order valence-corrected chi connectivity index (χ2v) is 4.03. The Morgan fingerprint density at radius 1 is 1.32 bits per heavy atom. The molecule has 0 fully saturated rings. The number of H-pyrrole nitrogens is 1. The Kier molecular flexibility index (Phi) is 2.19. The maximum Gasteiger partial charge on any atom is 0.349 e. The molecule has 92 valence electrons. The van der Waals surface area contributed by atoms with Crippen LogP contribution in [0.2, 0.25) is 0 Å². The molecular formula is C12H7N5O2. The van der Waals surface area contributed by atoms with E-state index in [1.54, 1.807) is 29.8 Å². The standard InChI is InChI=1S/C12H7N5O2/c1-17-8-3-2-6(5-13)4-7(8)14-9-10(17)15-12(19)16-11(9)18/h2-4H,1H3,(H,16,18,19). The Labute approximate surface area is 106 Å². The van der Waals surface area contributed by atoms with Crippen molar-refractivity contribution in [1.29, 1.82) is 5.26 Å². The molecule has 7 nitrogen and oxygen atoms in total. The highest BCUT2D eigenvalue weighted by atomic mass is 16.2. The van der Waals surface area contributed by atoms with Crippen LogP contribution in [0.3, 0.4) is 0 Å². The molecule has 0 aromatic heterocycles. The maximum absolute atomic E-state index is 11.7. The summed E-state index contributed by atoms with van der Waals surface area (Å²) in [6.45, 7) is 0. The van der Waals surface area contributed by atoms with E-state index < -0.39 is 11.2 Å². The first-order chi connectivity index (χ1) is 9.10. The summed E-state index contributed by atoms with van der Waals surface area (Å²) in [4.78, 5) is 33.0. The van der Waals surface area contributed by atoms with Crippen molar-refractivity contribution in [2.45, 2.75) is 0 Å². The zero-order chi connectivity index (χ0) is 13.6. The third kappa shape index (κ3) is 1.58. The second-order valence-electron chi connectivity index (χ2n) is 4.03. The molecule has 3 rings (SSSR count). The normalized spacial score (nSPS) is 10.7. The van der Waals surface area contributed by atoms with Gasteiger partial charge in [-0.1, -0.05) is 0 Å². The van der Waals surface area contributed by atoms with Crippen LogP contribution in [-0.4, -0.2) is 19.5 Å². The van der Waals surface area contributed by atoms with Crippen LogP contribution in [0.1, 0.15) is 5.56 Å². The molecule has 0 bridgehead atoms. The zero-order valence-electron chi connectivity index (χ0n) is 9.84. The number of fused-ring (bicyclic) bond motifs is 2. The molecule has 2 aliphatic rings. The van der Waals surface area contributed by atoms with Crippen LogP contribution < -0.4 is 11.2 Å². The first kappa shape index (κ1) is 11.1. The molecule has 0 saturated heterocycles. The van der Waals surface area contributed by atoms with Gasteiger partial charge in [0.2, 0.25) is 0 Å². The van der Waals surface area contributed by atoms with Gasteiger partial charge in [0, 0.05) is 7.05 Å². The molecule has 7 heteroatoms. The van der Waals surface area contributed by atoms with Gasteiger partial charge >= 0.3 is 5.69 Å². The number of benzene rings is 1. The molecule has 0 atom stereocenters. The quantitative estimate of drug-likeness (QED) is 0.567. The summed E-state index contributed by atoms with van der Waals surface area (Å²) >= 11 is 0. The van der Waals surface area contributed by atoms with Gasteiger partial charge in [-0.3, -0.25) is 9.78 Å². The fourth-order valence-corrected chi connectivity index (χ4v) is 1.97. The van der Waals surface area contributed by atoms with Gasteiger partial charge in [-0.05, 0) is 18.2 Å². The highest BCUT2D eigenvalue weighted by molar-refractivity contribution is 5.80. The van der Waals surface area contributed by atoms with Crippen LogP contribution in [0.4, 0.5) is 0 Å². The van der Waals surface area contributed by atoms with Crippen molar-refractivity contribution in [3.63, 3.8) is 0 Å². The smallest absolute Gasteiger partial charge is 0.325 e. The van der Waals surface area contributed by atoms with E-state index in [-0.39, 0.29) is 11.5 Å². The minimum absolute atomic E-state index is 0.0738. The Morgan fingerprint density at radius 2 is 2.11 bits per heavy atom. The third-order valence-corrected chi connectivity index (χ3v) is 2.87. The second kappa shape index (κ2) is 3.74. The Hall–Kier alpha value is -3.01. The van der Waals surface area contributed by atoms with E-state index in [4.69, 9.17) is 5.26 Å². The molecular weight excluding hydrogens is 246 g/mol. The molecule has 0 unspecified atom stereocenters. The molecule has 19 heavy (non-hydrogen) atoms. The predicted octanol–water partition coefficient (Wildman–Crippen LogP) is -0.00672. The Balaban J connectivity index is 2.57. The topological polar surface area (TPSA) is 104 Å². The molecule has 0 saturated carbocycles. The van der Waals surface area contributed by atoms with Gasteiger partial charge in [-0.25, -0.2) is 9.78 Å². The van der Waals surface area contributed by atoms with Gasteiger partial charge in [0.25, 0.3) is 5.56 Å². The van der Waals surface area contributed by atoms with Gasteiger partial charge < -0.3 is 4.57 Å². The fourth-order valence-electron chi connectivity index (χ4n) is 1.97. The monoisotopic (exact) mass is 253 g/mol. The van der Waals surface area contributed by atoms with Gasteiger partial charge in [-0.2, -0.15) is 10.2 Å². The van der Waals surface area contributed by atoms with Crippen molar-refractivity contribution in [2.75, 3.05) is 0 Å². The fraction of sp³-hybridized carbons (Fsp3) is 0.0833. The number of aromatic amines is 1. The van der Waals surface area contributed by atoms with Crippen LogP contribution in [0, 0.1) is 11.3 Å². The highest BCUT2D eigenvalue weighted by Crippen LogP contribution is 2.19. The molecule has 0 radical (unpaired) electrons. The van der Waals surface area contributed by atoms with Crippen molar-refractivity contribution in [2.24, 2.45) is 7.05 Å². The lowest BCUT2D eigenvalue weighted by atomic mass is 10.2. The summed E-state index contributed by atoms with van der Waals surface area (Å²) in [5.41, 5.74) is 0.413. The van der Waals surface area contributed by atoms with Crippen LogP contribution in [0.5, 0.6) is 0 Å². The van der Waals surface area contributed by atoms with E-state index in [1.807, 2.05) is 6.07 Å². The number of nitriles is 1. The molecule has 0 spiro atoms. The number of aromatic nitrogens is 4. The third-order valence-electron chi connectivity index (χ3n) is 2.87. The van der Waals surface area contributed by atoms with Crippen LogP contribution in [-0.2, 0) is 7.05 Å². The van der Waals surface area contributed by atoms with Crippen LogP contribution >= 0.6 is 0 Å². The summed E-state index contributed by atoms with van der Waals surface area (Å²) in [5, 5.41) is 8.86. The van der Waals surface area contributed by atoms with E-state index in [9.17, 15) is 9.59 Å². The molecule has 1 aromatic rings. The van der Waals surface area contributed by atoms with Crippen molar-refractivity contribution >= 4 is 11.0 Å². The Bertz CT molecular complexity index is 932. The molecule has 2 heterocycles. The van der Waals surface area contributed by atoms with Crippen molar-refractivity contribution < 1.29 is 0 Å². The zero-order valence-corrected chi connectivity index (χ0v) is 9.84. The Morgan fingerprint density at radius 3 is 2.84 bits per heavy atom. The molecule has 0 aliphatic carbocycles. The minimum atomic E-state index is -0.706. The first-order valence-corrected chi connectivity index (χ1v) is 5.41. The van der Waals surface area contributed by atoms with Crippen LogP contribution in [0.25, 0.3) is 22.6 Å². The van der Waals surface area contributed by atoms with Gasteiger partial charge in [0.05, 0.1) is 22.7 Å². The number of aryl methyl sites for hydroxylation is 1. The van der Waals surface area contributed by atoms with E-state index in [0.717, 1.165) is 0 Å². The van der Waals surface area contributed by atoms with E-state index in [0.29, 0.717) is 16.6 Å². The maximum atomic E-state index is 11.7. The predicted molar refractivity (Wildman–Crippen MR) is 66.7 cm³/mol.